The van der Waals surface area contributed by atoms with E-state index in [1.54, 1.807) is 24.8 Å². The van der Waals surface area contributed by atoms with Crippen molar-refractivity contribution >= 4 is 33.4 Å². The molecule has 1 saturated carbocycles. The van der Waals surface area contributed by atoms with Gasteiger partial charge in [0, 0.05) is 42.6 Å². The highest BCUT2D eigenvalue weighted by molar-refractivity contribution is 7.89. The van der Waals surface area contributed by atoms with E-state index in [4.69, 9.17) is 11.6 Å². The maximum absolute atomic E-state index is 13.5. The number of hydrogen-bond acceptors (Lipinski definition) is 5. The zero-order chi connectivity index (χ0) is 24.6. The predicted molar refractivity (Wildman–Crippen MR) is 131 cm³/mol. The molecule has 1 N–H and O–H groups in total. The number of amides is 2. The SMILES string of the molecule is Cc1cc(S(=O)(=O)N2C=CNC(=O)[C@H]2CC(=O)N2CCCC(N(C)C3CC3)CC2)c(C)cc1Cl. The van der Waals surface area contributed by atoms with E-state index in [9.17, 15) is 18.0 Å². The first-order chi connectivity index (χ1) is 16.1. The van der Waals surface area contributed by atoms with E-state index in [1.807, 2.05) is 0 Å². The van der Waals surface area contributed by atoms with E-state index in [2.05, 4.69) is 17.3 Å². The van der Waals surface area contributed by atoms with Crippen molar-refractivity contribution in [3.8, 4) is 0 Å². The minimum absolute atomic E-state index is 0.0759. The molecule has 2 fully saturated rings. The van der Waals surface area contributed by atoms with Crippen molar-refractivity contribution in [2.24, 2.45) is 0 Å². The summed E-state index contributed by atoms with van der Waals surface area (Å²) in [5.74, 6) is -0.710. The Hall–Kier alpha value is -2.10. The van der Waals surface area contributed by atoms with Gasteiger partial charge in [0.2, 0.25) is 11.8 Å². The van der Waals surface area contributed by atoms with Gasteiger partial charge in [-0.05, 0) is 76.3 Å². The average Bonchev–Trinajstić information content (AvgIpc) is 3.64. The van der Waals surface area contributed by atoms with Crippen molar-refractivity contribution in [1.82, 2.24) is 19.4 Å². The molecule has 4 rings (SSSR count). The van der Waals surface area contributed by atoms with E-state index in [-0.39, 0.29) is 17.2 Å². The highest BCUT2D eigenvalue weighted by Gasteiger charge is 2.39. The van der Waals surface area contributed by atoms with Gasteiger partial charge in [-0.15, -0.1) is 0 Å². The van der Waals surface area contributed by atoms with E-state index >= 15 is 0 Å². The fourth-order valence-corrected chi connectivity index (χ4v) is 6.86. The molecule has 10 heteroatoms. The second kappa shape index (κ2) is 9.87. The maximum Gasteiger partial charge on any atom is 0.264 e. The fraction of sp³-hybridized carbons (Fsp3) is 0.583. The number of likely N-dealkylation sites (tertiary alicyclic amines) is 1. The molecule has 2 heterocycles. The molecule has 2 atom stereocenters. The molecule has 2 aliphatic heterocycles. The fourth-order valence-electron chi connectivity index (χ4n) is 4.89. The predicted octanol–water partition coefficient (Wildman–Crippen LogP) is 2.78. The first-order valence-electron chi connectivity index (χ1n) is 11.9. The molecule has 34 heavy (non-hydrogen) atoms. The van der Waals surface area contributed by atoms with Crippen LogP contribution in [0, 0.1) is 13.8 Å². The van der Waals surface area contributed by atoms with E-state index < -0.39 is 22.0 Å². The summed E-state index contributed by atoms with van der Waals surface area (Å²) in [5.41, 5.74) is 1.11. The van der Waals surface area contributed by atoms with Crippen molar-refractivity contribution in [1.29, 1.82) is 0 Å². The number of carbonyl (C=O) groups is 2. The third-order valence-electron chi connectivity index (χ3n) is 7.19. The van der Waals surface area contributed by atoms with Crippen molar-refractivity contribution in [2.75, 3.05) is 20.1 Å². The van der Waals surface area contributed by atoms with Gasteiger partial charge in [0.15, 0.2) is 0 Å². The zero-order valence-corrected chi connectivity index (χ0v) is 21.5. The lowest BCUT2D eigenvalue weighted by Crippen LogP contribution is -2.51. The Morgan fingerprint density at radius 1 is 1.12 bits per heavy atom. The van der Waals surface area contributed by atoms with Gasteiger partial charge in [-0.3, -0.25) is 13.9 Å². The first-order valence-corrected chi connectivity index (χ1v) is 13.7. The van der Waals surface area contributed by atoms with Gasteiger partial charge in [-0.25, -0.2) is 8.42 Å². The molecule has 1 aromatic carbocycles. The molecule has 0 bridgehead atoms. The molecule has 186 valence electrons. The summed E-state index contributed by atoms with van der Waals surface area (Å²) in [6.07, 6.45) is 7.73. The van der Waals surface area contributed by atoms with Gasteiger partial charge in [-0.2, -0.15) is 0 Å². The lowest BCUT2D eigenvalue weighted by atomic mass is 10.1. The molecule has 0 radical (unpaired) electrons. The largest absolute Gasteiger partial charge is 0.343 e. The smallest absolute Gasteiger partial charge is 0.264 e. The minimum atomic E-state index is -4.07. The van der Waals surface area contributed by atoms with Crippen LogP contribution in [0.15, 0.2) is 29.4 Å². The number of benzene rings is 1. The highest BCUT2D eigenvalue weighted by Crippen LogP contribution is 2.31. The van der Waals surface area contributed by atoms with Crippen LogP contribution in [0.1, 0.15) is 49.7 Å². The Kier molecular flexibility index (Phi) is 7.26. The van der Waals surface area contributed by atoms with Gasteiger partial charge >= 0.3 is 0 Å². The Bertz CT molecular complexity index is 1100. The number of halogens is 1. The van der Waals surface area contributed by atoms with Crippen molar-refractivity contribution < 1.29 is 18.0 Å². The number of sulfonamides is 1. The minimum Gasteiger partial charge on any atom is -0.343 e. The van der Waals surface area contributed by atoms with Crippen LogP contribution < -0.4 is 5.32 Å². The van der Waals surface area contributed by atoms with Gasteiger partial charge in [0.25, 0.3) is 10.0 Å². The van der Waals surface area contributed by atoms with Gasteiger partial charge in [-0.1, -0.05) is 11.6 Å². The Labute approximate surface area is 207 Å². The average molecular weight is 509 g/mol. The monoisotopic (exact) mass is 508 g/mol. The molecule has 8 nitrogen and oxygen atoms in total. The Morgan fingerprint density at radius 3 is 2.53 bits per heavy atom. The van der Waals surface area contributed by atoms with E-state index in [0.717, 1.165) is 23.6 Å². The number of nitrogens with one attached hydrogen (secondary N) is 1. The second-order valence-electron chi connectivity index (χ2n) is 9.61. The standard InChI is InChI=1S/C24H33ClN4O4S/c1-16-14-22(17(2)13-20(16)25)34(32,33)29-12-9-26-24(31)21(29)15-23(30)28-10-4-5-18(8-11-28)27(3)19-6-7-19/h9,12-14,18-19,21H,4-8,10-11,15H2,1-3H3,(H,26,31)/t18?,21-/m1/s1. The van der Waals surface area contributed by atoms with Crippen LogP contribution in [0.3, 0.4) is 0 Å². The molecular weight excluding hydrogens is 476 g/mol. The second-order valence-corrected chi connectivity index (χ2v) is 11.8. The summed E-state index contributed by atoms with van der Waals surface area (Å²) < 4.78 is 28.1. The number of aryl methyl sites for hydroxylation is 2. The normalized spacial score (nSPS) is 23.7. The van der Waals surface area contributed by atoms with Crippen molar-refractivity contribution in [3.05, 3.63) is 40.7 Å². The highest BCUT2D eigenvalue weighted by atomic mass is 35.5. The van der Waals surface area contributed by atoms with Gasteiger partial charge in [0.05, 0.1) is 11.3 Å². The van der Waals surface area contributed by atoms with Gasteiger partial charge < -0.3 is 15.1 Å². The van der Waals surface area contributed by atoms with E-state index in [1.165, 1.54) is 31.3 Å². The molecule has 3 aliphatic rings. The molecular formula is C24H33ClN4O4S. The first kappa shape index (κ1) is 25.0. The molecule has 0 spiro atoms. The molecule has 2 amide bonds. The topological polar surface area (TPSA) is 90.0 Å². The summed E-state index contributed by atoms with van der Waals surface area (Å²) >= 11 is 6.15. The van der Waals surface area contributed by atoms with Crippen molar-refractivity contribution in [2.45, 2.75) is 75.4 Å². The molecule has 0 aromatic heterocycles. The van der Waals surface area contributed by atoms with Crippen LogP contribution in [0.2, 0.25) is 5.02 Å². The third kappa shape index (κ3) is 5.11. The maximum atomic E-state index is 13.5. The van der Waals surface area contributed by atoms with Crippen LogP contribution in [0.5, 0.6) is 0 Å². The molecule has 1 saturated heterocycles. The summed E-state index contributed by atoms with van der Waals surface area (Å²) in [7, 11) is -1.90. The molecule has 1 aromatic rings. The molecule has 1 aliphatic carbocycles. The van der Waals surface area contributed by atoms with Crippen molar-refractivity contribution in [3.63, 3.8) is 0 Å². The van der Waals surface area contributed by atoms with Crippen LogP contribution >= 0.6 is 11.6 Å². The summed E-state index contributed by atoms with van der Waals surface area (Å²) in [6, 6.07) is 3.09. The third-order valence-corrected chi connectivity index (χ3v) is 9.52. The summed E-state index contributed by atoms with van der Waals surface area (Å²) in [6.45, 7) is 4.64. The number of carbonyl (C=O) groups excluding carboxylic acids is 2. The molecule has 1 unspecified atom stereocenters. The summed E-state index contributed by atoms with van der Waals surface area (Å²) in [4.78, 5) is 30.3. The van der Waals surface area contributed by atoms with Crippen LogP contribution in [0.4, 0.5) is 0 Å². The number of nitrogens with zero attached hydrogens (tertiary/aromatic N) is 3. The Balaban J connectivity index is 1.51. The lowest BCUT2D eigenvalue weighted by molar-refractivity contribution is -0.135. The lowest BCUT2D eigenvalue weighted by Gasteiger charge is -2.33. The number of hydrogen-bond donors (Lipinski definition) is 1. The van der Waals surface area contributed by atoms with Crippen LogP contribution in [-0.4, -0.2) is 72.6 Å². The summed E-state index contributed by atoms with van der Waals surface area (Å²) in [5, 5.41) is 3.03. The van der Waals surface area contributed by atoms with Crippen LogP contribution in [0.25, 0.3) is 0 Å². The number of rotatable bonds is 6. The zero-order valence-electron chi connectivity index (χ0n) is 20.0. The van der Waals surface area contributed by atoms with Crippen LogP contribution in [-0.2, 0) is 19.6 Å². The van der Waals surface area contributed by atoms with E-state index in [0.29, 0.717) is 41.3 Å². The van der Waals surface area contributed by atoms with Gasteiger partial charge in [0.1, 0.15) is 6.04 Å². The Morgan fingerprint density at radius 2 is 1.82 bits per heavy atom. The quantitative estimate of drug-likeness (QED) is 0.638.